The smallest absolute Gasteiger partial charge is 0.350 e. The van der Waals surface area contributed by atoms with Crippen molar-refractivity contribution in [2.75, 3.05) is 18.5 Å². The van der Waals surface area contributed by atoms with E-state index in [4.69, 9.17) is 21.1 Å². The van der Waals surface area contributed by atoms with Crippen molar-refractivity contribution in [3.05, 3.63) is 74.5 Å². The van der Waals surface area contributed by atoms with Crippen LogP contribution in [0.1, 0.15) is 27.0 Å². The zero-order valence-corrected chi connectivity index (χ0v) is 19.5. The number of carbonyl (C=O) groups is 3. The van der Waals surface area contributed by atoms with E-state index in [0.29, 0.717) is 10.7 Å². The number of amides is 1. The van der Waals surface area contributed by atoms with Crippen LogP contribution < -0.4 is 5.32 Å². The highest BCUT2D eigenvalue weighted by Crippen LogP contribution is 2.36. The summed E-state index contributed by atoms with van der Waals surface area (Å²) in [6, 6.07) is 15.5. The van der Waals surface area contributed by atoms with Crippen molar-refractivity contribution in [3.63, 3.8) is 0 Å². The molecule has 0 radical (unpaired) electrons. The van der Waals surface area contributed by atoms with E-state index in [-0.39, 0.29) is 17.0 Å². The molecule has 3 rings (SSSR count). The summed E-state index contributed by atoms with van der Waals surface area (Å²) in [6.45, 7) is 1.39. The summed E-state index contributed by atoms with van der Waals surface area (Å²) in [5, 5.41) is 3.01. The molecule has 31 heavy (non-hydrogen) atoms. The largest absolute Gasteiger partial charge is 0.462 e. The van der Waals surface area contributed by atoms with Gasteiger partial charge in [0.1, 0.15) is 4.88 Å². The van der Waals surface area contributed by atoms with Crippen LogP contribution in [-0.2, 0) is 14.3 Å². The minimum atomic E-state index is -0.677. The molecule has 0 bridgehead atoms. The molecule has 2 aromatic carbocycles. The lowest BCUT2D eigenvalue weighted by Crippen LogP contribution is -2.21. The third-order valence-electron chi connectivity index (χ3n) is 3.99. The predicted octanol–water partition coefficient (Wildman–Crippen LogP) is 5.80. The second-order valence-electron chi connectivity index (χ2n) is 6.22. The third-order valence-corrected chi connectivity index (χ3v) is 5.92. The van der Waals surface area contributed by atoms with Crippen molar-refractivity contribution in [1.29, 1.82) is 0 Å². The summed E-state index contributed by atoms with van der Waals surface area (Å²) >= 11 is 10.5. The Bertz CT molecular complexity index is 1110. The van der Waals surface area contributed by atoms with Crippen LogP contribution in [0.25, 0.3) is 10.4 Å². The van der Waals surface area contributed by atoms with Crippen LogP contribution in [0.15, 0.2) is 59.1 Å². The zero-order chi connectivity index (χ0) is 22.4. The fraction of sp³-hybridized carbons (Fsp3) is 0.136. The Morgan fingerprint density at radius 1 is 1.03 bits per heavy atom. The molecule has 0 spiro atoms. The highest BCUT2D eigenvalue weighted by molar-refractivity contribution is 9.10. The first-order valence-corrected chi connectivity index (χ1v) is 11.2. The zero-order valence-electron chi connectivity index (χ0n) is 16.3. The monoisotopic (exact) mass is 521 g/mol. The number of carbonyl (C=O) groups excluding carboxylic acids is 3. The fourth-order valence-electron chi connectivity index (χ4n) is 2.60. The lowest BCUT2D eigenvalue weighted by atomic mass is 10.2. The maximum Gasteiger partial charge on any atom is 0.350 e. The second-order valence-corrected chi connectivity index (χ2v) is 8.62. The van der Waals surface area contributed by atoms with Gasteiger partial charge in [0, 0.05) is 14.4 Å². The molecule has 0 aliphatic carbocycles. The number of benzene rings is 2. The number of anilines is 1. The lowest BCUT2D eigenvalue weighted by molar-refractivity contribution is -0.119. The van der Waals surface area contributed by atoms with Gasteiger partial charge < -0.3 is 14.8 Å². The van der Waals surface area contributed by atoms with Crippen LogP contribution in [-0.4, -0.2) is 31.1 Å². The van der Waals surface area contributed by atoms with E-state index in [1.54, 1.807) is 25.1 Å². The molecular formula is C22H17BrClNO5S. The molecule has 3 aromatic rings. The van der Waals surface area contributed by atoms with Gasteiger partial charge in [-0.15, -0.1) is 11.3 Å². The minimum Gasteiger partial charge on any atom is -0.462 e. The number of hydrogen-bond donors (Lipinski definition) is 1. The second kappa shape index (κ2) is 10.6. The number of esters is 2. The lowest BCUT2D eigenvalue weighted by Gasteiger charge is -2.07. The first-order valence-electron chi connectivity index (χ1n) is 9.16. The molecule has 0 saturated carbocycles. The molecule has 0 fully saturated rings. The Morgan fingerprint density at radius 2 is 1.77 bits per heavy atom. The predicted molar refractivity (Wildman–Crippen MR) is 124 cm³/mol. The number of ether oxygens (including phenoxy) is 2. The van der Waals surface area contributed by atoms with Crippen LogP contribution in [0.4, 0.5) is 5.69 Å². The minimum absolute atomic E-state index is 0.203. The number of halogens is 2. The van der Waals surface area contributed by atoms with Crippen molar-refractivity contribution in [1.82, 2.24) is 0 Å². The number of rotatable bonds is 7. The Kier molecular flexibility index (Phi) is 7.84. The van der Waals surface area contributed by atoms with Gasteiger partial charge in [-0.1, -0.05) is 45.7 Å². The normalized spacial score (nSPS) is 10.4. The van der Waals surface area contributed by atoms with Gasteiger partial charge in [-0.25, -0.2) is 9.59 Å². The Balaban J connectivity index is 1.74. The molecule has 1 heterocycles. The third kappa shape index (κ3) is 6.16. The van der Waals surface area contributed by atoms with Gasteiger partial charge >= 0.3 is 11.9 Å². The van der Waals surface area contributed by atoms with E-state index in [1.807, 2.05) is 24.3 Å². The molecule has 0 saturated heterocycles. The highest BCUT2D eigenvalue weighted by atomic mass is 79.9. The van der Waals surface area contributed by atoms with Gasteiger partial charge in [-0.05, 0) is 48.9 Å². The highest BCUT2D eigenvalue weighted by Gasteiger charge is 2.21. The van der Waals surface area contributed by atoms with E-state index in [2.05, 4.69) is 21.2 Å². The summed E-state index contributed by atoms with van der Waals surface area (Å²) in [5.74, 6) is -1.80. The maximum absolute atomic E-state index is 12.4. The van der Waals surface area contributed by atoms with Gasteiger partial charge in [-0.3, -0.25) is 4.79 Å². The van der Waals surface area contributed by atoms with Crippen molar-refractivity contribution in [3.8, 4) is 10.4 Å². The van der Waals surface area contributed by atoms with E-state index >= 15 is 0 Å². The van der Waals surface area contributed by atoms with E-state index in [0.717, 1.165) is 14.9 Å². The van der Waals surface area contributed by atoms with Gasteiger partial charge in [0.25, 0.3) is 5.91 Å². The summed E-state index contributed by atoms with van der Waals surface area (Å²) in [5.41, 5.74) is 1.41. The molecule has 1 amide bonds. The average molecular weight is 523 g/mol. The van der Waals surface area contributed by atoms with Crippen LogP contribution >= 0.6 is 38.9 Å². The molecule has 1 aromatic heterocycles. The summed E-state index contributed by atoms with van der Waals surface area (Å²) in [6.07, 6.45) is 0. The van der Waals surface area contributed by atoms with Gasteiger partial charge in [-0.2, -0.15) is 0 Å². The van der Waals surface area contributed by atoms with Gasteiger partial charge in [0.15, 0.2) is 6.61 Å². The molecule has 0 aliphatic heterocycles. The quantitative estimate of drug-likeness (QED) is 0.396. The Hall–Kier alpha value is -2.68. The summed E-state index contributed by atoms with van der Waals surface area (Å²) < 4.78 is 11.1. The van der Waals surface area contributed by atoms with Crippen LogP contribution in [0, 0.1) is 0 Å². The molecule has 0 aliphatic rings. The Labute approximate surface area is 196 Å². The van der Waals surface area contributed by atoms with Crippen molar-refractivity contribution in [2.24, 2.45) is 0 Å². The molecule has 0 unspecified atom stereocenters. The standard InChI is InChI=1S/C22H17BrClNO5S/c1-2-29-22(28)20-17(11-18(31-20)13-6-8-15(23)9-7-13)25-19(26)12-30-21(27)14-4-3-5-16(24)10-14/h3-11H,2,12H2,1H3,(H,25,26). The maximum atomic E-state index is 12.4. The van der Waals surface area contributed by atoms with Gasteiger partial charge in [0.05, 0.1) is 17.9 Å². The van der Waals surface area contributed by atoms with Crippen LogP contribution in [0.2, 0.25) is 5.02 Å². The topological polar surface area (TPSA) is 81.7 Å². The molecule has 0 atom stereocenters. The van der Waals surface area contributed by atoms with Crippen LogP contribution in [0.5, 0.6) is 0 Å². The molecule has 1 N–H and O–H groups in total. The van der Waals surface area contributed by atoms with Crippen molar-refractivity contribution in [2.45, 2.75) is 6.92 Å². The fourth-order valence-corrected chi connectivity index (χ4v) is 4.07. The van der Waals surface area contributed by atoms with Crippen molar-refractivity contribution >= 4 is 62.4 Å². The van der Waals surface area contributed by atoms with Gasteiger partial charge in [0.2, 0.25) is 0 Å². The SMILES string of the molecule is CCOC(=O)c1sc(-c2ccc(Br)cc2)cc1NC(=O)COC(=O)c1cccc(Cl)c1. The summed E-state index contributed by atoms with van der Waals surface area (Å²) in [7, 11) is 0. The molecule has 160 valence electrons. The van der Waals surface area contributed by atoms with E-state index < -0.39 is 24.5 Å². The molecular weight excluding hydrogens is 506 g/mol. The number of nitrogens with one attached hydrogen (secondary N) is 1. The van der Waals surface area contributed by atoms with Crippen molar-refractivity contribution < 1.29 is 23.9 Å². The Morgan fingerprint density at radius 3 is 2.45 bits per heavy atom. The number of thiophene rings is 1. The summed E-state index contributed by atoms with van der Waals surface area (Å²) in [4.78, 5) is 37.9. The number of hydrogen-bond acceptors (Lipinski definition) is 6. The molecule has 9 heteroatoms. The first-order chi connectivity index (χ1) is 14.9. The molecule has 6 nitrogen and oxygen atoms in total. The van der Waals surface area contributed by atoms with Crippen LogP contribution in [0.3, 0.4) is 0 Å². The average Bonchev–Trinajstić information content (AvgIpc) is 3.16. The van der Waals surface area contributed by atoms with E-state index in [9.17, 15) is 14.4 Å². The van der Waals surface area contributed by atoms with E-state index in [1.165, 1.54) is 23.5 Å². The first kappa shape index (κ1) is 23.0.